The monoisotopic (exact) mass is 665 g/mol. The molecular formula is C34H67NO11. The number of nitrogens with zero attached hydrogens (tertiary/aromatic N) is 1. The van der Waals surface area contributed by atoms with Crippen LogP contribution in [0.2, 0.25) is 0 Å². The number of esters is 1. The Balaban J connectivity index is 3.21. The molecule has 0 fully saturated rings. The highest BCUT2D eigenvalue weighted by molar-refractivity contribution is 5.69. The van der Waals surface area contributed by atoms with Crippen molar-refractivity contribution in [3.05, 3.63) is 0 Å². The summed E-state index contributed by atoms with van der Waals surface area (Å²) in [6.07, 6.45) is 11.2. The van der Waals surface area contributed by atoms with E-state index in [0.29, 0.717) is 105 Å². The van der Waals surface area contributed by atoms with Crippen LogP contribution in [0.5, 0.6) is 0 Å². The quantitative estimate of drug-likeness (QED) is 0.0646. The molecule has 12 heteroatoms. The highest BCUT2D eigenvalue weighted by Crippen LogP contribution is 2.11. The molecule has 0 aromatic rings. The minimum absolute atomic E-state index is 0.139. The summed E-state index contributed by atoms with van der Waals surface area (Å²) in [7, 11) is 1.68. The molecule has 0 saturated carbocycles. The van der Waals surface area contributed by atoms with Crippen molar-refractivity contribution in [2.45, 2.75) is 97.5 Å². The largest absolute Gasteiger partial charge is 0.463 e. The summed E-state index contributed by atoms with van der Waals surface area (Å²) in [6, 6.07) is 0. The van der Waals surface area contributed by atoms with Gasteiger partial charge in [-0.3, -0.25) is 4.79 Å². The van der Waals surface area contributed by atoms with E-state index in [1.807, 2.05) is 20.8 Å². The van der Waals surface area contributed by atoms with E-state index in [0.717, 1.165) is 12.8 Å². The maximum atomic E-state index is 11.9. The molecule has 274 valence electrons. The summed E-state index contributed by atoms with van der Waals surface area (Å²) in [4.78, 5) is 25.1. The number of amides is 1. The van der Waals surface area contributed by atoms with E-state index in [1.165, 1.54) is 49.8 Å². The van der Waals surface area contributed by atoms with Gasteiger partial charge in [0.15, 0.2) is 0 Å². The van der Waals surface area contributed by atoms with Crippen LogP contribution >= 0.6 is 0 Å². The van der Waals surface area contributed by atoms with Crippen LogP contribution in [0, 0.1) is 0 Å². The lowest BCUT2D eigenvalue weighted by Crippen LogP contribution is -2.36. The zero-order valence-corrected chi connectivity index (χ0v) is 29.8. The van der Waals surface area contributed by atoms with Crippen LogP contribution in [0.3, 0.4) is 0 Å². The lowest BCUT2D eigenvalue weighted by atomic mass is 10.1. The molecular weight excluding hydrogens is 598 g/mol. The Kier molecular flexibility index (Phi) is 32.2. The second-order valence-corrected chi connectivity index (χ2v) is 12.0. The van der Waals surface area contributed by atoms with Crippen molar-refractivity contribution in [2.24, 2.45) is 0 Å². The molecule has 0 N–H and O–H groups in total. The number of hydrogen-bond acceptors (Lipinski definition) is 11. The first-order valence-electron chi connectivity index (χ1n) is 17.4. The highest BCUT2D eigenvalue weighted by atomic mass is 16.6. The highest BCUT2D eigenvalue weighted by Gasteiger charge is 2.19. The molecule has 0 saturated heterocycles. The molecule has 0 aliphatic heterocycles. The SMILES string of the molecule is CCCCCCCCCCCC(=O)OCCOCCOCCOCCOCCOCCOCCOCCN(C)C(=O)OC(C)(C)C. The molecule has 0 bridgehead atoms. The van der Waals surface area contributed by atoms with Gasteiger partial charge in [-0.25, -0.2) is 4.79 Å². The van der Waals surface area contributed by atoms with Crippen LogP contribution < -0.4 is 0 Å². The third-order valence-electron chi connectivity index (χ3n) is 6.48. The Labute approximate surface area is 279 Å². The lowest BCUT2D eigenvalue weighted by Gasteiger charge is -2.24. The second-order valence-electron chi connectivity index (χ2n) is 12.0. The average molecular weight is 666 g/mol. The zero-order valence-electron chi connectivity index (χ0n) is 29.8. The standard InChI is InChI=1S/C34H67NO11/c1-6-7-8-9-10-11-12-13-14-15-32(36)45-31-30-44-29-28-43-27-26-42-25-24-41-23-22-40-21-20-39-19-18-38-17-16-35(5)33(37)46-34(2,3)4/h6-31H2,1-5H3. The Bertz CT molecular complexity index is 676. The summed E-state index contributed by atoms with van der Waals surface area (Å²) in [5.74, 6) is -0.139. The van der Waals surface area contributed by atoms with Gasteiger partial charge < -0.3 is 47.5 Å². The summed E-state index contributed by atoms with van der Waals surface area (Å²) < 4.78 is 48.8. The maximum absolute atomic E-state index is 11.9. The predicted molar refractivity (Wildman–Crippen MR) is 177 cm³/mol. The van der Waals surface area contributed by atoms with Crippen molar-refractivity contribution in [1.29, 1.82) is 0 Å². The van der Waals surface area contributed by atoms with Crippen molar-refractivity contribution in [3.63, 3.8) is 0 Å². The van der Waals surface area contributed by atoms with E-state index in [9.17, 15) is 9.59 Å². The summed E-state index contributed by atoms with van der Waals surface area (Å²) >= 11 is 0. The molecule has 0 unspecified atom stereocenters. The summed E-state index contributed by atoms with van der Waals surface area (Å²) in [6.45, 7) is 15.0. The van der Waals surface area contributed by atoms with Gasteiger partial charge in [-0.1, -0.05) is 58.3 Å². The van der Waals surface area contributed by atoms with Crippen molar-refractivity contribution < 1.29 is 52.2 Å². The van der Waals surface area contributed by atoms with E-state index < -0.39 is 5.60 Å². The van der Waals surface area contributed by atoms with Gasteiger partial charge in [0, 0.05) is 20.0 Å². The van der Waals surface area contributed by atoms with Gasteiger partial charge in [0.1, 0.15) is 12.2 Å². The molecule has 0 atom stereocenters. The first-order valence-corrected chi connectivity index (χ1v) is 17.4. The van der Waals surface area contributed by atoms with Crippen LogP contribution in [0.4, 0.5) is 4.79 Å². The van der Waals surface area contributed by atoms with Crippen molar-refractivity contribution in [2.75, 3.05) is 113 Å². The van der Waals surface area contributed by atoms with Crippen molar-refractivity contribution in [1.82, 2.24) is 4.90 Å². The molecule has 0 aliphatic carbocycles. The fraction of sp³-hybridized carbons (Fsp3) is 0.941. The Morgan fingerprint density at radius 1 is 0.500 bits per heavy atom. The number of carbonyl (C=O) groups is 2. The third kappa shape index (κ3) is 35.3. The maximum Gasteiger partial charge on any atom is 0.410 e. The lowest BCUT2D eigenvalue weighted by molar-refractivity contribution is -0.145. The Morgan fingerprint density at radius 3 is 1.24 bits per heavy atom. The van der Waals surface area contributed by atoms with Gasteiger partial charge in [0.05, 0.1) is 92.5 Å². The molecule has 0 aromatic heterocycles. The number of unbranched alkanes of at least 4 members (excludes halogenated alkanes) is 8. The van der Waals surface area contributed by atoms with E-state index in [1.54, 1.807) is 7.05 Å². The minimum atomic E-state index is -0.509. The fourth-order valence-corrected chi connectivity index (χ4v) is 3.92. The molecule has 0 rings (SSSR count). The normalized spacial score (nSPS) is 11.6. The topological polar surface area (TPSA) is 120 Å². The van der Waals surface area contributed by atoms with E-state index in [2.05, 4.69) is 6.92 Å². The molecule has 12 nitrogen and oxygen atoms in total. The number of likely N-dealkylation sites (N-methyl/N-ethyl adjacent to an activating group) is 1. The van der Waals surface area contributed by atoms with Crippen LogP contribution in [0.15, 0.2) is 0 Å². The molecule has 1 amide bonds. The number of carbonyl (C=O) groups excluding carboxylic acids is 2. The van der Waals surface area contributed by atoms with Gasteiger partial charge in [0.2, 0.25) is 0 Å². The van der Waals surface area contributed by atoms with E-state index in [-0.39, 0.29) is 18.7 Å². The van der Waals surface area contributed by atoms with Gasteiger partial charge in [0.25, 0.3) is 0 Å². The van der Waals surface area contributed by atoms with E-state index >= 15 is 0 Å². The Hall–Kier alpha value is -1.54. The fourth-order valence-electron chi connectivity index (χ4n) is 3.92. The number of ether oxygens (including phenoxy) is 9. The van der Waals surface area contributed by atoms with Gasteiger partial charge in [-0.05, 0) is 27.2 Å². The van der Waals surface area contributed by atoms with Gasteiger partial charge >= 0.3 is 12.1 Å². The van der Waals surface area contributed by atoms with Crippen LogP contribution in [-0.2, 0) is 47.4 Å². The second kappa shape index (κ2) is 33.4. The molecule has 0 spiro atoms. The van der Waals surface area contributed by atoms with Crippen LogP contribution in [0.1, 0.15) is 91.9 Å². The van der Waals surface area contributed by atoms with Crippen molar-refractivity contribution >= 4 is 12.1 Å². The summed E-state index contributed by atoms with van der Waals surface area (Å²) in [5.41, 5.74) is -0.509. The average Bonchev–Trinajstić information content (AvgIpc) is 3.01. The zero-order chi connectivity index (χ0) is 34.0. The number of hydrogen-bond donors (Lipinski definition) is 0. The first kappa shape index (κ1) is 44.5. The predicted octanol–water partition coefficient (Wildman–Crippen LogP) is 5.43. The smallest absolute Gasteiger partial charge is 0.410 e. The summed E-state index contributed by atoms with van der Waals surface area (Å²) in [5, 5.41) is 0. The molecule has 0 heterocycles. The van der Waals surface area contributed by atoms with Gasteiger partial charge in [-0.2, -0.15) is 0 Å². The van der Waals surface area contributed by atoms with Crippen LogP contribution in [-0.4, -0.2) is 135 Å². The Morgan fingerprint density at radius 2 is 0.848 bits per heavy atom. The van der Waals surface area contributed by atoms with Crippen LogP contribution in [0.25, 0.3) is 0 Å². The molecule has 0 radical (unpaired) electrons. The number of rotatable bonds is 34. The van der Waals surface area contributed by atoms with Gasteiger partial charge in [-0.15, -0.1) is 0 Å². The first-order chi connectivity index (χ1) is 22.3. The van der Waals surface area contributed by atoms with Crippen molar-refractivity contribution in [3.8, 4) is 0 Å². The third-order valence-corrected chi connectivity index (χ3v) is 6.48. The molecule has 46 heavy (non-hydrogen) atoms. The molecule has 0 aromatic carbocycles. The minimum Gasteiger partial charge on any atom is -0.463 e. The van der Waals surface area contributed by atoms with E-state index in [4.69, 9.17) is 42.6 Å². The molecule has 0 aliphatic rings.